The molecular weight excluding hydrogens is 182 g/mol. The van der Waals surface area contributed by atoms with Crippen LogP contribution in [-0.2, 0) is 17.7 Å². The van der Waals surface area contributed by atoms with Crippen LogP contribution in [-0.4, -0.2) is 39.5 Å². The Balaban J connectivity index is 1.96. The standard InChI is InChI=1S/C8H15N5O/c9-3-4-13-8(10-11-12-13)6-7-2-1-5-14-7/h7H,1-6,9H2. The minimum Gasteiger partial charge on any atom is -0.378 e. The second kappa shape index (κ2) is 4.47. The molecule has 1 aliphatic heterocycles. The maximum atomic E-state index is 5.52. The Labute approximate surface area is 82.4 Å². The van der Waals surface area contributed by atoms with E-state index in [1.165, 1.54) is 0 Å². The molecule has 0 bridgehead atoms. The summed E-state index contributed by atoms with van der Waals surface area (Å²) in [6, 6.07) is 0. The molecule has 1 unspecified atom stereocenters. The quantitative estimate of drug-likeness (QED) is 0.694. The summed E-state index contributed by atoms with van der Waals surface area (Å²) in [5.74, 6) is 0.877. The lowest BCUT2D eigenvalue weighted by molar-refractivity contribution is 0.109. The molecule has 1 saturated heterocycles. The van der Waals surface area contributed by atoms with Crippen molar-refractivity contribution >= 4 is 0 Å². The van der Waals surface area contributed by atoms with Crippen molar-refractivity contribution in [1.82, 2.24) is 20.2 Å². The van der Waals surface area contributed by atoms with Crippen LogP contribution >= 0.6 is 0 Å². The lowest BCUT2D eigenvalue weighted by atomic mass is 10.2. The molecule has 0 aromatic carbocycles. The van der Waals surface area contributed by atoms with Gasteiger partial charge >= 0.3 is 0 Å². The van der Waals surface area contributed by atoms with Gasteiger partial charge in [-0.15, -0.1) is 5.10 Å². The molecule has 1 fully saturated rings. The van der Waals surface area contributed by atoms with E-state index in [1.54, 1.807) is 4.68 Å². The van der Waals surface area contributed by atoms with Gasteiger partial charge in [0, 0.05) is 19.6 Å². The van der Waals surface area contributed by atoms with E-state index in [1.807, 2.05) is 0 Å². The smallest absolute Gasteiger partial charge is 0.153 e. The Morgan fingerprint density at radius 3 is 3.21 bits per heavy atom. The zero-order valence-electron chi connectivity index (χ0n) is 8.09. The van der Waals surface area contributed by atoms with Crippen LogP contribution in [0.4, 0.5) is 0 Å². The van der Waals surface area contributed by atoms with E-state index < -0.39 is 0 Å². The molecule has 1 atom stereocenters. The summed E-state index contributed by atoms with van der Waals surface area (Å²) in [7, 11) is 0. The lowest BCUT2D eigenvalue weighted by Crippen LogP contribution is -2.18. The van der Waals surface area contributed by atoms with Gasteiger partial charge < -0.3 is 10.5 Å². The molecule has 2 heterocycles. The Bertz CT molecular complexity index is 281. The van der Waals surface area contributed by atoms with Crippen molar-refractivity contribution in [2.45, 2.75) is 31.9 Å². The summed E-state index contributed by atoms with van der Waals surface area (Å²) in [6.07, 6.45) is 3.34. The van der Waals surface area contributed by atoms with Crippen LogP contribution in [0.1, 0.15) is 18.7 Å². The van der Waals surface area contributed by atoms with Crippen molar-refractivity contribution in [3.63, 3.8) is 0 Å². The number of aromatic nitrogens is 4. The predicted molar refractivity (Wildman–Crippen MR) is 49.5 cm³/mol. The second-order valence-electron chi connectivity index (χ2n) is 3.45. The average molecular weight is 197 g/mol. The highest BCUT2D eigenvalue weighted by Gasteiger charge is 2.19. The minimum atomic E-state index is 0.289. The number of nitrogens with two attached hydrogens (primary N) is 1. The predicted octanol–water partition coefficient (Wildman–Crippen LogP) is -0.647. The van der Waals surface area contributed by atoms with Crippen LogP contribution in [0.15, 0.2) is 0 Å². The fourth-order valence-electron chi connectivity index (χ4n) is 1.67. The lowest BCUT2D eigenvalue weighted by Gasteiger charge is -2.08. The van der Waals surface area contributed by atoms with E-state index in [0.29, 0.717) is 13.1 Å². The first kappa shape index (κ1) is 9.54. The van der Waals surface area contributed by atoms with E-state index in [9.17, 15) is 0 Å². The molecule has 0 amide bonds. The third kappa shape index (κ3) is 2.08. The normalized spacial score (nSPS) is 21.6. The number of hydrogen-bond donors (Lipinski definition) is 1. The van der Waals surface area contributed by atoms with Crippen LogP contribution in [0.2, 0.25) is 0 Å². The zero-order valence-corrected chi connectivity index (χ0v) is 8.09. The summed E-state index contributed by atoms with van der Waals surface area (Å²) in [6.45, 7) is 2.10. The molecule has 0 spiro atoms. The average Bonchev–Trinajstić information content (AvgIpc) is 2.80. The van der Waals surface area contributed by atoms with E-state index in [4.69, 9.17) is 10.5 Å². The monoisotopic (exact) mass is 197 g/mol. The molecule has 2 rings (SSSR count). The first-order chi connectivity index (χ1) is 6.90. The van der Waals surface area contributed by atoms with Crippen LogP contribution in [0.5, 0.6) is 0 Å². The number of tetrazole rings is 1. The Morgan fingerprint density at radius 1 is 1.57 bits per heavy atom. The highest BCUT2D eigenvalue weighted by Crippen LogP contribution is 2.15. The van der Waals surface area contributed by atoms with Gasteiger partial charge in [0.05, 0.1) is 12.6 Å². The maximum absolute atomic E-state index is 5.52. The first-order valence-corrected chi connectivity index (χ1v) is 4.97. The Kier molecular flexibility index (Phi) is 3.05. The first-order valence-electron chi connectivity index (χ1n) is 4.97. The van der Waals surface area contributed by atoms with Crippen LogP contribution in [0, 0.1) is 0 Å². The highest BCUT2D eigenvalue weighted by atomic mass is 16.5. The summed E-state index contributed by atoms with van der Waals surface area (Å²) in [5.41, 5.74) is 5.45. The van der Waals surface area contributed by atoms with Crippen molar-refractivity contribution < 1.29 is 4.74 Å². The summed E-state index contributed by atoms with van der Waals surface area (Å²) in [5, 5.41) is 11.5. The minimum absolute atomic E-state index is 0.289. The Morgan fingerprint density at radius 2 is 2.50 bits per heavy atom. The van der Waals surface area contributed by atoms with Gasteiger partial charge in [-0.25, -0.2) is 4.68 Å². The molecule has 6 heteroatoms. The van der Waals surface area contributed by atoms with Crippen molar-refractivity contribution in [2.75, 3.05) is 13.2 Å². The van der Waals surface area contributed by atoms with Gasteiger partial charge in [-0.05, 0) is 23.3 Å². The van der Waals surface area contributed by atoms with E-state index in [0.717, 1.165) is 31.7 Å². The van der Waals surface area contributed by atoms with Crippen LogP contribution in [0.25, 0.3) is 0 Å². The third-order valence-corrected chi connectivity index (χ3v) is 2.38. The number of ether oxygens (including phenoxy) is 1. The molecule has 0 saturated carbocycles. The van der Waals surface area contributed by atoms with Crippen molar-refractivity contribution in [3.8, 4) is 0 Å². The molecule has 78 valence electrons. The topological polar surface area (TPSA) is 78.9 Å². The van der Waals surface area contributed by atoms with Crippen molar-refractivity contribution in [3.05, 3.63) is 5.82 Å². The number of rotatable bonds is 4. The molecule has 1 aromatic heterocycles. The number of nitrogens with zero attached hydrogens (tertiary/aromatic N) is 4. The van der Waals surface area contributed by atoms with E-state index >= 15 is 0 Å². The van der Waals surface area contributed by atoms with E-state index in [2.05, 4.69) is 15.5 Å². The molecule has 2 N–H and O–H groups in total. The second-order valence-corrected chi connectivity index (χ2v) is 3.45. The molecule has 1 aliphatic rings. The molecule has 14 heavy (non-hydrogen) atoms. The van der Waals surface area contributed by atoms with Crippen molar-refractivity contribution in [1.29, 1.82) is 0 Å². The third-order valence-electron chi connectivity index (χ3n) is 2.38. The SMILES string of the molecule is NCCn1nnnc1CC1CCCO1. The molecule has 0 radical (unpaired) electrons. The fraction of sp³-hybridized carbons (Fsp3) is 0.875. The summed E-state index contributed by atoms with van der Waals surface area (Å²) >= 11 is 0. The van der Waals surface area contributed by atoms with Gasteiger partial charge in [0.15, 0.2) is 5.82 Å². The van der Waals surface area contributed by atoms with E-state index in [-0.39, 0.29) is 6.10 Å². The molecule has 1 aromatic rings. The van der Waals surface area contributed by atoms with Gasteiger partial charge in [0.25, 0.3) is 0 Å². The maximum Gasteiger partial charge on any atom is 0.153 e. The fourth-order valence-corrected chi connectivity index (χ4v) is 1.67. The van der Waals surface area contributed by atoms with Gasteiger partial charge in [0.2, 0.25) is 0 Å². The zero-order chi connectivity index (χ0) is 9.80. The molecule has 6 nitrogen and oxygen atoms in total. The Hall–Kier alpha value is -1.01. The van der Waals surface area contributed by atoms with Crippen LogP contribution < -0.4 is 5.73 Å². The summed E-state index contributed by atoms with van der Waals surface area (Å²) < 4.78 is 7.27. The largest absolute Gasteiger partial charge is 0.378 e. The van der Waals surface area contributed by atoms with Gasteiger partial charge in [-0.3, -0.25) is 0 Å². The van der Waals surface area contributed by atoms with Gasteiger partial charge in [-0.1, -0.05) is 0 Å². The van der Waals surface area contributed by atoms with Gasteiger partial charge in [-0.2, -0.15) is 0 Å². The molecular formula is C8H15N5O. The molecule has 0 aliphatic carbocycles. The van der Waals surface area contributed by atoms with Gasteiger partial charge in [0.1, 0.15) is 0 Å². The van der Waals surface area contributed by atoms with Crippen LogP contribution in [0.3, 0.4) is 0 Å². The summed E-state index contributed by atoms with van der Waals surface area (Å²) in [4.78, 5) is 0. The van der Waals surface area contributed by atoms with Crippen molar-refractivity contribution in [2.24, 2.45) is 5.73 Å². The number of hydrogen-bond acceptors (Lipinski definition) is 5. The highest BCUT2D eigenvalue weighted by molar-refractivity contribution is 4.86.